The number of hydrogen-bond acceptors (Lipinski definition) is 5. The largest absolute Gasteiger partial charge is 0.298 e. The maximum atomic E-state index is 13.0. The number of nitrogens with zero attached hydrogens (tertiary/aromatic N) is 1. The SMILES string of the molecule is CCCS(=O)(=O)c1ccc(C=CC(=O)Nc2nc(-c3ccc(F)cc3)cs2)cc1. The number of thiazole rings is 1. The monoisotopic (exact) mass is 430 g/mol. The van der Waals surface area contributed by atoms with Gasteiger partial charge in [0.1, 0.15) is 5.82 Å². The number of nitrogens with one attached hydrogen (secondary N) is 1. The fourth-order valence-electron chi connectivity index (χ4n) is 2.58. The van der Waals surface area contributed by atoms with Gasteiger partial charge < -0.3 is 0 Å². The van der Waals surface area contributed by atoms with Crippen LogP contribution in [0, 0.1) is 5.82 Å². The van der Waals surface area contributed by atoms with Crippen molar-refractivity contribution in [1.82, 2.24) is 4.98 Å². The lowest BCUT2D eigenvalue weighted by Crippen LogP contribution is -2.07. The van der Waals surface area contributed by atoms with Crippen molar-refractivity contribution in [3.63, 3.8) is 0 Å². The minimum absolute atomic E-state index is 0.109. The van der Waals surface area contributed by atoms with E-state index >= 15 is 0 Å². The second-order valence-electron chi connectivity index (χ2n) is 6.26. The van der Waals surface area contributed by atoms with Crippen molar-refractivity contribution in [3.05, 3.63) is 71.4 Å². The third kappa shape index (κ3) is 5.58. The minimum atomic E-state index is -3.25. The van der Waals surface area contributed by atoms with Gasteiger partial charge in [0, 0.05) is 17.0 Å². The quantitative estimate of drug-likeness (QED) is 0.547. The van der Waals surface area contributed by atoms with Crippen molar-refractivity contribution < 1.29 is 17.6 Å². The van der Waals surface area contributed by atoms with Crippen LogP contribution in [0.2, 0.25) is 0 Å². The molecule has 0 atom stereocenters. The third-order valence-electron chi connectivity index (χ3n) is 4.01. The summed E-state index contributed by atoms with van der Waals surface area (Å²) >= 11 is 1.27. The van der Waals surface area contributed by atoms with Crippen LogP contribution in [0.5, 0.6) is 0 Å². The van der Waals surface area contributed by atoms with Gasteiger partial charge in [-0.2, -0.15) is 0 Å². The van der Waals surface area contributed by atoms with Gasteiger partial charge in [-0.15, -0.1) is 11.3 Å². The Labute approximate surface area is 172 Å². The Balaban J connectivity index is 1.62. The maximum Gasteiger partial charge on any atom is 0.250 e. The highest BCUT2D eigenvalue weighted by Gasteiger charge is 2.12. The minimum Gasteiger partial charge on any atom is -0.298 e. The number of anilines is 1. The zero-order valence-electron chi connectivity index (χ0n) is 15.6. The number of benzene rings is 2. The molecule has 150 valence electrons. The summed E-state index contributed by atoms with van der Waals surface area (Å²) in [5.74, 6) is -0.565. The number of carbonyl (C=O) groups is 1. The van der Waals surface area contributed by atoms with E-state index in [-0.39, 0.29) is 22.4 Å². The fourth-order valence-corrected chi connectivity index (χ4v) is 4.62. The second kappa shape index (κ2) is 9.11. The standard InChI is InChI=1S/C21H19FN2O3S2/c1-2-13-29(26,27)18-10-3-15(4-11-18)5-12-20(25)24-21-23-19(14-28-21)16-6-8-17(22)9-7-16/h3-12,14H,2,13H2,1H3,(H,23,24,25). The molecule has 0 radical (unpaired) electrons. The first-order valence-corrected chi connectivity index (χ1v) is 11.4. The number of carbonyl (C=O) groups excluding carboxylic acids is 1. The smallest absolute Gasteiger partial charge is 0.250 e. The van der Waals surface area contributed by atoms with E-state index in [0.717, 1.165) is 5.56 Å². The first-order valence-electron chi connectivity index (χ1n) is 8.91. The first kappa shape index (κ1) is 20.9. The van der Waals surface area contributed by atoms with Crippen molar-refractivity contribution in [3.8, 4) is 11.3 Å². The van der Waals surface area contributed by atoms with Crippen LogP contribution >= 0.6 is 11.3 Å². The molecule has 0 aliphatic carbocycles. The van der Waals surface area contributed by atoms with Crippen LogP contribution < -0.4 is 5.32 Å². The molecular formula is C21H19FN2O3S2. The molecule has 1 heterocycles. The normalized spacial score (nSPS) is 11.7. The van der Waals surface area contributed by atoms with Gasteiger partial charge in [-0.3, -0.25) is 10.1 Å². The molecule has 29 heavy (non-hydrogen) atoms. The van der Waals surface area contributed by atoms with E-state index in [1.54, 1.807) is 47.9 Å². The molecule has 0 aliphatic rings. The van der Waals surface area contributed by atoms with Crippen LogP contribution in [0.3, 0.4) is 0 Å². The van der Waals surface area contributed by atoms with Crippen LogP contribution in [0.25, 0.3) is 17.3 Å². The molecule has 0 bridgehead atoms. The summed E-state index contributed by atoms with van der Waals surface area (Å²) < 4.78 is 37.1. The predicted octanol–water partition coefficient (Wildman–Crippen LogP) is 4.78. The number of aromatic nitrogens is 1. The predicted molar refractivity (Wildman–Crippen MR) is 114 cm³/mol. The molecule has 0 spiro atoms. The molecule has 1 amide bonds. The van der Waals surface area contributed by atoms with Crippen LogP contribution in [0.1, 0.15) is 18.9 Å². The van der Waals surface area contributed by atoms with Crippen molar-refractivity contribution in [2.45, 2.75) is 18.2 Å². The van der Waals surface area contributed by atoms with Gasteiger partial charge in [0.2, 0.25) is 5.91 Å². The molecule has 0 saturated carbocycles. The summed E-state index contributed by atoms with van der Waals surface area (Å²) in [5.41, 5.74) is 2.12. The van der Waals surface area contributed by atoms with Gasteiger partial charge in [0.25, 0.3) is 0 Å². The van der Waals surface area contributed by atoms with Crippen molar-refractivity contribution in [1.29, 1.82) is 0 Å². The Morgan fingerprint density at radius 3 is 2.48 bits per heavy atom. The van der Waals surface area contributed by atoms with E-state index in [4.69, 9.17) is 0 Å². The summed E-state index contributed by atoms with van der Waals surface area (Å²) in [6.07, 6.45) is 3.51. The van der Waals surface area contributed by atoms with Gasteiger partial charge in [0.05, 0.1) is 16.3 Å². The number of sulfone groups is 1. The van der Waals surface area contributed by atoms with Gasteiger partial charge in [0.15, 0.2) is 15.0 Å². The number of hydrogen-bond donors (Lipinski definition) is 1. The summed E-state index contributed by atoms with van der Waals surface area (Å²) in [5, 5.41) is 4.89. The molecule has 0 saturated heterocycles. The molecular weight excluding hydrogens is 411 g/mol. The summed E-state index contributed by atoms with van der Waals surface area (Å²) in [6, 6.07) is 12.4. The number of rotatable bonds is 7. The third-order valence-corrected chi connectivity index (χ3v) is 6.71. The molecule has 3 rings (SSSR count). The summed E-state index contributed by atoms with van der Waals surface area (Å²) in [7, 11) is -3.25. The van der Waals surface area contributed by atoms with E-state index < -0.39 is 9.84 Å². The lowest BCUT2D eigenvalue weighted by molar-refractivity contribution is -0.111. The second-order valence-corrected chi connectivity index (χ2v) is 9.22. The molecule has 0 aliphatic heterocycles. The highest BCUT2D eigenvalue weighted by atomic mass is 32.2. The van der Waals surface area contributed by atoms with Gasteiger partial charge in [-0.25, -0.2) is 17.8 Å². The number of amides is 1. The van der Waals surface area contributed by atoms with Crippen molar-refractivity contribution >= 4 is 38.3 Å². The molecule has 3 aromatic rings. The Hall–Kier alpha value is -2.84. The molecule has 2 aromatic carbocycles. The van der Waals surface area contributed by atoms with E-state index in [1.807, 2.05) is 6.92 Å². The Kier molecular flexibility index (Phi) is 6.56. The average Bonchev–Trinajstić information content (AvgIpc) is 3.15. The Bertz CT molecular complexity index is 1120. The van der Waals surface area contributed by atoms with Crippen LogP contribution in [-0.4, -0.2) is 25.1 Å². The number of halogens is 1. The average molecular weight is 431 g/mol. The Morgan fingerprint density at radius 1 is 1.14 bits per heavy atom. The van der Waals surface area contributed by atoms with Crippen LogP contribution in [-0.2, 0) is 14.6 Å². The lowest BCUT2D eigenvalue weighted by Gasteiger charge is -2.03. The van der Waals surface area contributed by atoms with Crippen LogP contribution in [0.15, 0.2) is 64.9 Å². The van der Waals surface area contributed by atoms with Crippen LogP contribution in [0.4, 0.5) is 9.52 Å². The summed E-state index contributed by atoms with van der Waals surface area (Å²) in [4.78, 5) is 16.7. The van der Waals surface area contributed by atoms with Gasteiger partial charge >= 0.3 is 0 Å². The molecule has 5 nitrogen and oxygen atoms in total. The molecule has 1 N–H and O–H groups in total. The molecule has 8 heteroatoms. The maximum absolute atomic E-state index is 13.0. The highest BCUT2D eigenvalue weighted by Crippen LogP contribution is 2.25. The van der Waals surface area contributed by atoms with E-state index in [1.165, 1.54) is 29.5 Å². The zero-order valence-corrected chi connectivity index (χ0v) is 17.3. The van der Waals surface area contributed by atoms with Crippen molar-refractivity contribution in [2.75, 3.05) is 11.1 Å². The van der Waals surface area contributed by atoms with Crippen molar-refractivity contribution in [2.24, 2.45) is 0 Å². The van der Waals surface area contributed by atoms with E-state index in [2.05, 4.69) is 10.3 Å². The van der Waals surface area contributed by atoms with E-state index in [0.29, 0.717) is 22.8 Å². The topological polar surface area (TPSA) is 76.1 Å². The summed E-state index contributed by atoms with van der Waals surface area (Å²) in [6.45, 7) is 1.82. The van der Waals surface area contributed by atoms with E-state index in [9.17, 15) is 17.6 Å². The van der Waals surface area contributed by atoms with Gasteiger partial charge in [-0.1, -0.05) is 19.1 Å². The zero-order chi connectivity index (χ0) is 20.9. The highest BCUT2D eigenvalue weighted by molar-refractivity contribution is 7.91. The Morgan fingerprint density at radius 2 is 1.83 bits per heavy atom. The molecule has 0 fully saturated rings. The van der Waals surface area contributed by atoms with Gasteiger partial charge in [-0.05, 0) is 54.5 Å². The molecule has 0 unspecified atom stereocenters. The fraction of sp³-hybridized carbons (Fsp3) is 0.143. The first-order chi connectivity index (χ1) is 13.9. The molecule has 1 aromatic heterocycles. The lowest BCUT2D eigenvalue weighted by atomic mass is 10.2.